The lowest BCUT2D eigenvalue weighted by Crippen LogP contribution is -2.12. The standard InChI is InChI=1S/C23H21N5O2/c1-3-28-21(27-20-8-5-13-24-22(20)28)16-6-4-7-17(14-16)23(30)26-19-11-9-18(10-12-19)25-15(2)29/h4-14H,3H2,1-2H3,(H,25,29)(H,26,30). The SMILES string of the molecule is CCn1c(-c2cccc(C(=O)Nc3ccc(NC(C)=O)cc3)c2)nc2cccnc21. The van der Waals surface area contributed by atoms with Gasteiger partial charge in [0.2, 0.25) is 5.91 Å². The number of nitrogens with one attached hydrogen (secondary N) is 2. The molecule has 0 spiro atoms. The number of carbonyl (C=O) groups excluding carboxylic acids is 2. The molecular formula is C23H21N5O2. The van der Waals surface area contributed by atoms with E-state index in [9.17, 15) is 9.59 Å². The Hall–Kier alpha value is -4.00. The first-order valence-corrected chi connectivity index (χ1v) is 9.66. The molecule has 0 unspecified atom stereocenters. The molecule has 0 radical (unpaired) electrons. The lowest BCUT2D eigenvalue weighted by Gasteiger charge is -2.09. The van der Waals surface area contributed by atoms with E-state index in [1.54, 1.807) is 36.5 Å². The highest BCUT2D eigenvalue weighted by atomic mass is 16.2. The van der Waals surface area contributed by atoms with Crippen molar-refractivity contribution in [2.75, 3.05) is 10.6 Å². The smallest absolute Gasteiger partial charge is 0.255 e. The number of carbonyl (C=O) groups is 2. The van der Waals surface area contributed by atoms with E-state index in [0.29, 0.717) is 16.9 Å². The minimum Gasteiger partial charge on any atom is -0.326 e. The summed E-state index contributed by atoms with van der Waals surface area (Å²) < 4.78 is 2.03. The van der Waals surface area contributed by atoms with E-state index in [0.717, 1.165) is 29.1 Å². The van der Waals surface area contributed by atoms with Gasteiger partial charge in [-0.3, -0.25) is 9.59 Å². The number of pyridine rings is 1. The molecular weight excluding hydrogens is 378 g/mol. The van der Waals surface area contributed by atoms with Gasteiger partial charge in [0.15, 0.2) is 5.65 Å². The number of rotatable bonds is 5. The quantitative estimate of drug-likeness (QED) is 0.523. The Bertz CT molecular complexity index is 1230. The summed E-state index contributed by atoms with van der Waals surface area (Å²) in [6.45, 7) is 4.21. The summed E-state index contributed by atoms with van der Waals surface area (Å²) >= 11 is 0. The third-order valence-corrected chi connectivity index (χ3v) is 4.67. The molecule has 0 saturated carbocycles. The van der Waals surface area contributed by atoms with E-state index in [1.807, 2.05) is 41.8 Å². The summed E-state index contributed by atoms with van der Waals surface area (Å²) in [6.07, 6.45) is 1.75. The second-order valence-electron chi connectivity index (χ2n) is 6.82. The van der Waals surface area contributed by atoms with Crippen LogP contribution in [0.15, 0.2) is 66.9 Å². The van der Waals surface area contributed by atoms with Gasteiger partial charge in [-0.25, -0.2) is 9.97 Å². The molecule has 2 aromatic heterocycles. The van der Waals surface area contributed by atoms with Crippen LogP contribution >= 0.6 is 0 Å². The molecule has 4 aromatic rings. The summed E-state index contributed by atoms with van der Waals surface area (Å²) in [6, 6.07) is 18.1. The maximum atomic E-state index is 12.8. The molecule has 0 aliphatic heterocycles. The monoisotopic (exact) mass is 399 g/mol. The summed E-state index contributed by atoms with van der Waals surface area (Å²) in [5.41, 5.74) is 4.34. The Morgan fingerprint density at radius 3 is 2.40 bits per heavy atom. The van der Waals surface area contributed by atoms with E-state index in [4.69, 9.17) is 4.98 Å². The molecule has 7 heteroatoms. The molecule has 7 nitrogen and oxygen atoms in total. The predicted molar refractivity (Wildman–Crippen MR) is 117 cm³/mol. The van der Waals surface area contributed by atoms with Crippen LogP contribution in [0.1, 0.15) is 24.2 Å². The van der Waals surface area contributed by atoms with Crippen molar-refractivity contribution in [3.05, 3.63) is 72.4 Å². The fraction of sp³-hybridized carbons (Fsp3) is 0.130. The first kappa shape index (κ1) is 19.3. The predicted octanol–water partition coefficient (Wildman–Crippen LogP) is 4.33. The molecule has 150 valence electrons. The number of anilines is 2. The Morgan fingerprint density at radius 2 is 1.70 bits per heavy atom. The van der Waals surface area contributed by atoms with Gasteiger partial charge >= 0.3 is 0 Å². The number of benzene rings is 2. The Labute approximate surface area is 173 Å². The molecule has 0 saturated heterocycles. The van der Waals surface area contributed by atoms with Crippen molar-refractivity contribution in [3.63, 3.8) is 0 Å². The van der Waals surface area contributed by atoms with Gasteiger partial charge in [0.05, 0.1) is 0 Å². The Balaban J connectivity index is 1.59. The molecule has 0 fully saturated rings. The Morgan fingerprint density at radius 1 is 0.967 bits per heavy atom. The highest BCUT2D eigenvalue weighted by Crippen LogP contribution is 2.25. The molecule has 2 heterocycles. The van der Waals surface area contributed by atoms with Crippen molar-refractivity contribution in [2.45, 2.75) is 20.4 Å². The van der Waals surface area contributed by atoms with Crippen molar-refractivity contribution >= 4 is 34.4 Å². The summed E-state index contributed by atoms with van der Waals surface area (Å²) in [5.74, 6) is 0.416. The highest BCUT2D eigenvalue weighted by Gasteiger charge is 2.14. The van der Waals surface area contributed by atoms with Gasteiger partial charge in [0, 0.05) is 42.2 Å². The lowest BCUT2D eigenvalue weighted by atomic mass is 10.1. The van der Waals surface area contributed by atoms with Crippen LogP contribution in [0.25, 0.3) is 22.6 Å². The highest BCUT2D eigenvalue weighted by molar-refractivity contribution is 6.05. The van der Waals surface area contributed by atoms with Crippen LogP contribution in [0.4, 0.5) is 11.4 Å². The zero-order valence-electron chi connectivity index (χ0n) is 16.7. The van der Waals surface area contributed by atoms with Crippen molar-refractivity contribution in [2.24, 2.45) is 0 Å². The van der Waals surface area contributed by atoms with Crippen LogP contribution in [-0.4, -0.2) is 26.3 Å². The number of imidazole rings is 1. The first-order chi connectivity index (χ1) is 14.5. The minimum absolute atomic E-state index is 0.142. The molecule has 2 aromatic carbocycles. The van der Waals surface area contributed by atoms with Crippen molar-refractivity contribution in [1.29, 1.82) is 0 Å². The zero-order valence-corrected chi connectivity index (χ0v) is 16.7. The minimum atomic E-state index is -0.221. The van der Waals surface area contributed by atoms with Gasteiger partial charge in [0.25, 0.3) is 5.91 Å². The van der Waals surface area contributed by atoms with Gasteiger partial charge in [-0.1, -0.05) is 12.1 Å². The second kappa shape index (κ2) is 8.16. The summed E-state index contributed by atoms with van der Waals surface area (Å²) in [4.78, 5) is 33.0. The van der Waals surface area contributed by atoms with E-state index in [-0.39, 0.29) is 11.8 Å². The number of aryl methyl sites for hydroxylation is 1. The van der Waals surface area contributed by atoms with Gasteiger partial charge in [0.1, 0.15) is 11.3 Å². The van der Waals surface area contributed by atoms with Crippen molar-refractivity contribution < 1.29 is 9.59 Å². The molecule has 4 rings (SSSR count). The van der Waals surface area contributed by atoms with E-state index < -0.39 is 0 Å². The number of hydrogen-bond acceptors (Lipinski definition) is 4. The molecule has 0 aliphatic rings. The largest absolute Gasteiger partial charge is 0.326 e. The van der Waals surface area contributed by atoms with Crippen molar-refractivity contribution in [3.8, 4) is 11.4 Å². The molecule has 0 atom stereocenters. The van der Waals surface area contributed by atoms with Gasteiger partial charge < -0.3 is 15.2 Å². The van der Waals surface area contributed by atoms with Gasteiger partial charge in [-0.05, 0) is 55.5 Å². The summed E-state index contributed by atoms with van der Waals surface area (Å²) in [7, 11) is 0. The van der Waals surface area contributed by atoms with Gasteiger partial charge in [-0.2, -0.15) is 0 Å². The summed E-state index contributed by atoms with van der Waals surface area (Å²) in [5, 5.41) is 5.58. The van der Waals surface area contributed by atoms with E-state index in [1.165, 1.54) is 6.92 Å². The third kappa shape index (κ3) is 3.91. The van der Waals surface area contributed by atoms with Gasteiger partial charge in [-0.15, -0.1) is 0 Å². The number of fused-ring (bicyclic) bond motifs is 1. The number of amides is 2. The van der Waals surface area contributed by atoms with Crippen LogP contribution in [0.5, 0.6) is 0 Å². The first-order valence-electron chi connectivity index (χ1n) is 9.66. The number of hydrogen-bond donors (Lipinski definition) is 2. The molecule has 30 heavy (non-hydrogen) atoms. The Kier molecular flexibility index (Phi) is 5.26. The maximum absolute atomic E-state index is 12.8. The van der Waals surface area contributed by atoms with Crippen LogP contribution in [0.3, 0.4) is 0 Å². The zero-order chi connectivity index (χ0) is 21.1. The van der Waals surface area contributed by atoms with Crippen LogP contribution in [-0.2, 0) is 11.3 Å². The van der Waals surface area contributed by atoms with Crippen molar-refractivity contribution in [1.82, 2.24) is 14.5 Å². The average molecular weight is 399 g/mol. The van der Waals surface area contributed by atoms with Crippen LogP contribution in [0, 0.1) is 0 Å². The molecule has 2 amide bonds. The van der Waals surface area contributed by atoms with E-state index in [2.05, 4.69) is 15.6 Å². The number of aromatic nitrogens is 3. The van der Waals surface area contributed by atoms with Crippen LogP contribution < -0.4 is 10.6 Å². The molecule has 2 N–H and O–H groups in total. The normalized spacial score (nSPS) is 10.7. The third-order valence-electron chi connectivity index (χ3n) is 4.67. The average Bonchev–Trinajstić information content (AvgIpc) is 3.13. The topological polar surface area (TPSA) is 88.9 Å². The molecule has 0 aliphatic carbocycles. The van der Waals surface area contributed by atoms with Crippen LogP contribution in [0.2, 0.25) is 0 Å². The lowest BCUT2D eigenvalue weighted by molar-refractivity contribution is -0.114. The second-order valence-corrected chi connectivity index (χ2v) is 6.82. The fourth-order valence-corrected chi connectivity index (χ4v) is 3.32. The maximum Gasteiger partial charge on any atom is 0.255 e. The fourth-order valence-electron chi connectivity index (χ4n) is 3.32. The van der Waals surface area contributed by atoms with E-state index >= 15 is 0 Å². The number of nitrogens with zero attached hydrogens (tertiary/aromatic N) is 3. The molecule has 0 bridgehead atoms.